The minimum absolute atomic E-state index is 0.140. The average Bonchev–Trinajstić information content (AvgIpc) is 2.35. The molecule has 0 fully saturated rings. The fraction of sp³-hybridized carbons (Fsp3) is 0.429. The molecule has 0 atom stereocenters. The second-order valence-electron chi connectivity index (χ2n) is 2.43. The van der Waals surface area contributed by atoms with Crippen LogP contribution in [0, 0.1) is 6.92 Å². The highest BCUT2D eigenvalue weighted by Crippen LogP contribution is 1.99. The number of hydrogen-bond donors (Lipinski definition) is 2. The van der Waals surface area contributed by atoms with Gasteiger partial charge in [0.1, 0.15) is 5.76 Å². The van der Waals surface area contributed by atoms with Gasteiger partial charge >= 0.3 is 0 Å². The monoisotopic (exact) mass is 169 g/mol. The molecule has 0 saturated carbocycles. The third-order valence-electron chi connectivity index (χ3n) is 1.24. The van der Waals surface area contributed by atoms with Gasteiger partial charge in [0.05, 0.1) is 19.3 Å². The molecule has 1 aromatic rings. The van der Waals surface area contributed by atoms with E-state index in [-0.39, 0.29) is 6.54 Å². The van der Waals surface area contributed by atoms with Crippen molar-refractivity contribution in [3.63, 3.8) is 0 Å². The molecule has 0 radical (unpaired) electrons. The van der Waals surface area contributed by atoms with E-state index in [0.29, 0.717) is 12.4 Å². The van der Waals surface area contributed by atoms with Crippen LogP contribution in [0.3, 0.4) is 0 Å². The first kappa shape index (κ1) is 8.73. The molecule has 0 unspecified atom stereocenters. The van der Waals surface area contributed by atoms with E-state index in [4.69, 9.17) is 10.2 Å². The van der Waals surface area contributed by atoms with Crippen molar-refractivity contribution in [2.24, 2.45) is 5.73 Å². The summed E-state index contributed by atoms with van der Waals surface area (Å²) >= 11 is 0. The van der Waals surface area contributed by atoms with Crippen molar-refractivity contribution in [2.75, 3.05) is 6.54 Å². The smallest absolute Gasteiger partial charge is 0.231 e. The van der Waals surface area contributed by atoms with Crippen molar-refractivity contribution < 1.29 is 9.21 Å². The fourth-order valence-electron chi connectivity index (χ4n) is 0.776. The molecule has 12 heavy (non-hydrogen) atoms. The number of carbonyl (C=O) groups excluding carboxylic acids is 1. The Morgan fingerprint density at radius 2 is 2.58 bits per heavy atom. The Labute approximate surface area is 70.0 Å². The van der Waals surface area contributed by atoms with Crippen LogP contribution in [0.15, 0.2) is 10.6 Å². The number of nitrogens with two attached hydrogens (primary N) is 1. The first-order chi connectivity index (χ1) is 5.68. The summed E-state index contributed by atoms with van der Waals surface area (Å²) in [4.78, 5) is 14.2. The first-order valence-corrected chi connectivity index (χ1v) is 3.59. The second kappa shape index (κ2) is 3.87. The van der Waals surface area contributed by atoms with E-state index in [1.165, 1.54) is 0 Å². The lowest BCUT2D eigenvalue weighted by Crippen LogP contribution is -2.28. The fourth-order valence-corrected chi connectivity index (χ4v) is 0.776. The Kier molecular flexibility index (Phi) is 2.82. The molecule has 3 N–H and O–H groups in total. The molecule has 0 bridgehead atoms. The summed E-state index contributed by atoms with van der Waals surface area (Å²) in [5, 5.41) is 2.78. The lowest BCUT2D eigenvalue weighted by Gasteiger charge is -1.96. The van der Waals surface area contributed by atoms with Crippen LogP contribution in [-0.4, -0.2) is 17.4 Å². The van der Waals surface area contributed by atoms with E-state index in [2.05, 4.69) is 10.3 Å². The Hall–Kier alpha value is -1.36. The zero-order valence-electron chi connectivity index (χ0n) is 6.83. The number of hydrogen-bond acceptors (Lipinski definition) is 4. The van der Waals surface area contributed by atoms with Gasteiger partial charge in [0.25, 0.3) is 0 Å². The quantitative estimate of drug-likeness (QED) is 0.640. The Bertz CT molecular complexity index is 269. The minimum Gasteiger partial charge on any atom is -0.445 e. The molecule has 5 heteroatoms. The normalized spacial score (nSPS) is 10.1. The van der Waals surface area contributed by atoms with Gasteiger partial charge in [-0.15, -0.1) is 0 Å². The Morgan fingerprint density at radius 3 is 3.08 bits per heavy atom. The molecule has 1 rings (SSSR count). The lowest BCUT2D eigenvalue weighted by molar-refractivity contribution is -0.117. The molecular formula is C7H11N3O2. The molecule has 1 amide bonds. The van der Waals surface area contributed by atoms with E-state index in [9.17, 15) is 4.79 Å². The van der Waals surface area contributed by atoms with Crippen molar-refractivity contribution in [3.05, 3.63) is 17.8 Å². The zero-order valence-corrected chi connectivity index (χ0v) is 6.83. The summed E-state index contributed by atoms with van der Waals surface area (Å²) < 4.78 is 5.14. The second-order valence-corrected chi connectivity index (χ2v) is 2.43. The molecule has 0 aliphatic heterocycles. The van der Waals surface area contributed by atoms with E-state index in [1.807, 2.05) is 6.92 Å². The maximum Gasteiger partial charge on any atom is 0.231 e. The van der Waals surface area contributed by atoms with Crippen LogP contribution < -0.4 is 11.1 Å². The van der Waals surface area contributed by atoms with Crippen LogP contribution in [0.4, 0.5) is 0 Å². The van der Waals surface area contributed by atoms with Crippen molar-refractivity contribution in [3.8, 4) is 0 Å². The van der Waals surface area contributed by atoms with Crippen molar-refractivity contribution in [2.45, 2.75) is 13.5 Å². The average molecular weight is 169 g/mol. The summed E-state index contributed by atoms with van der Waals surface area (Å²) in [5.74, 6) is 0.929. The number of rotatable bonds is 4. The van der Waals surface area contributed by atoms with E-state index in [1.54, 1.807) is 6.20 Å². The van der Waals surface area contributed by atoms with Gasteiger partial charge in [0.15, 0.2) is 0 Å². The van der Waals surface area contributed by atoms with E-state index < -0.39 is 5.91 Å². The van der Waals surface area contributed by atoms with Gasteiger partial charge in [0, 0.05) is 0 Å². The number of carbonyl (C=O) groups is 1. The van der Waals surface area contributed by atoms with Crippen molar-refractivity contribution in [1.29, 1.82) is 0 Å². The number of aromatic nitrogens is 1. The highest BCUT2D eigenvalue weighted by Gasteiger charge is 1.99. The van der Waals surface area contributed by atoms with Gasteiger partial charge in [-0.2, -0.15) is 0 Å². The van der Waals surface area contributed by atoms with Crippen LogP contribution in [0.5, 0.6) is 0 Å². The molecule has 66 valence electrons. The number of primary amides is 1. The van der Waals surface area contributed by atoms with Crippen molar-refractivity contribution in [1.82, 2.24) is 10.3 Å². The first-order valence-electron chi connectivity index (χ1n) is 3.59. The molecule has 0 aliphatic carbocycles. The maximum absolute atomic E-state index is 10.3. The molecule has 1 aromatic heterocycles. The Morgan fingerprint density at radius 1 is 1.83 bits per heavy atom. The largest absolute Gasteiger partial charge is 0.445 e. The number of nitrogens with one attached hydrogen (secondary N) is 1. The SMILES string of the molecule is Cc1cnc(CNCC(N)=O)o1. The summed E-state index contributed by atoms with van der Waals surface area (Å²) in [7, 11) is 0. The third-order valence-corrected chi connectivity index (χ3v) is 1.24. The van der Waals surface area contributed by atoms with Crippen LogP contribution in [0.1, 0.15) is 11.7 Å². The molecule has 5 nitrogen and oxygen atoms in total. The van der Waals surface area contributed by atoms with Gasteiger partial charge in [-0.25, -0.2) is 4.98 Å². The van der Waals surface area contributed by atoms with Gasteiger partial charge in [0.2, 0.25) is 11.8 Å². The molecule has 0 saturated heterocycles. The van der Waals surface area contributed by atoms with Crippen LogP contribution in [0.2, 0.25) is 0 Å². The van der Waals surface area contributed by atoms with Crippen LogP contribution in [0.25, 0.3) is 0 Å². The predicted octanol–water partition coefficient (Wildman–Crippen LogP) is -0.442. The number of oxazole rings is 1. The van der Waals surface area contributed by atoms with Crippen LogP contribution >= 0.6 is 0 Å². The summed E-state index contributed by atoms with van der Waals surface area (Å²) in [5.41, 5.74) is 4.91. The highest BCUT2D eigenvalue weighted by molar-refractivity contribution is 5.75. The predicted molar refractivity (Wildman–Crippen MR) is 42.1 cm³/mol. The van der Waals surface area contributed by atoms with E-state index in [0.717, 1.165) is 5.76 Å². The lowest BCUT2D eigenvalue weighted by atomic mass is 10.5. The van der Waals surface area contributed by atoms with E-state index >= 15 is 0 Å². The van der Waals surface area contributed by atoms with Gasteiger partial charge < -0.3 is 10.2 Å². The topological polar surface area (TPSA) is 81.1 Å². The summed E-state index contributed by atoms with van der Waals surface area (Å²) in [6.07, 6.45) is 1.63. The summed E-state index contributed by atoms with van der Waals surface area (Å²) in [6, 6.07) is 0. The van der Waals surface area contributed by atoms with Gasteiger partial charge in [-0.1, -0.05) is 0 Å². The number of amides is 1. The minimum atomic E-state index is -0.390. The molecule has 0 spiro atoms. The third kappa shape index (κ3) is 2.71. The standard InChI is InChI=1S/C7H11N3O2/c1-5-2-10-7(12-5)4-9-3-6(8)11/h2,9H,3-4H2,1H3,(H2,8,11). The Balaban J connectivity index is 2.29. The molecular weight excluding hydrogens is 158 g/mol. The van der Waals surface area contributed by atoms with Gasteiger partial charge in [-0.3, -0.25) is 10.1 Å². The van der Waals surface area contributed by atoms with Crippen molar-refractivity contribution >= 4 is 5.91 Å². The van der Waals surface area contributed by atoms with Gasteiger partial charge in [-0.05, 0) is 6.92 Å². The molecule has 1 heterocycles. The maximum atomic E-state index is 10.3. The summed E-state index contributed by atoms with van der Waals surface area (Å²) in [6.45, 7) is 2.38. The molecule has 0 aliphatic rings. The highest BCUT2D eigenvalue weighted by atomic mass is 16.4. The molecule has 0 aromatic carbocycles. The zero-order chi connectivity index (χ0) is 8.97. The van der Waals surface area contributed by atoms with Crippen LogP contribution in [-0.2, 0) is 11.3 Å². The number of aryl methyl sites for hydroxylation is 1. The number of nitrogens with zero attached hydrogens (tertiary/aromatic N) is 1.